The summed E-state index contributed by atoms with van der Waals surface area (Å²) in [5, 5.41) is 0. The molecule has 1 aliphatic rings. The second-order valence-corrected chi connectivity index (χ2v) is 6.77. The predicted molar refractivity (Wildman–Crippen MR) is 100 cm³/mol. The summed E-state index contributed by atoms with van der Waals surface area (Å²) in [7, 11) is 0. The molecule has 0 saturated carbocycles. The molecule has 1 fully saturated rings. The highest BCUT2D eigenvalue weighted by molar-refractivity contribution is 6.14. The number of benzene rings is 2. The molecule has 2 aromatic rings. The average molecular weight is 353 g/mol. The van der Waals surface area contributed by atoms with Crippen LogP contribution in [-0.4, -0.2) is 29.8 Å². The number of nitrogens with zero attached hydrogens (tertiary/aromatic N) is 1. The van der Waals surface area contributed by atoms with Gasteiger partial charge in [0.15, 0.2) is 5.78 Å². The topological polar surface area (TPSA) is 20.3 Å². The lowest BCUT2D eigenvalue weighted by Crippen LogP contribution is -2.41. The van der Waals surface area contributed by atoms with Crippen LogP contribution in [0.5, 0.6) is 0 Å². The summed E-state index contributed by atoms with van der Waals surface area (Å²) in [5.74, 6) is -0.624. The lowest BCUT2D eigenvalue weighted by Gasteiger charge is -2.32. The maximum Gasteiger partial charge on any atom is 0.187 e. The van der Waals surface area contributed by atoms with E-state index in [0.717, 1.165) is 11.1 Å². The summed E-state index contributed by atoms with van der Waals surface area (Å²) in [6.45, 7) is 5.27. The molecule has 0 atom stereocenters. The number of hydrogen-bond donors (Lipinski definition) is 0. The van der Waals surface area contributed by atoms with Crippen molar-refractivity contribution in [1.29, 1.82) is 0 Å². The number of carbonyl (C=O) groups excluding carboxylic acids is 1. The van der Waals surface area contributed by atoms with Gasteiger partial charge >= 0.3 is 0 Å². The van der Waals surface area contributed by atoms with E-state index in [1.807, 2.05) is 12.2 Å². The molecule has 0 spiro atoms. The van der Waals surface area contributed by atoms with Crippen LogP contribution in [-0.2, 0) is 4.79 Å². The summed E-state index contributed by atoms with van der Waals surface area (Å²) in [4.78, 5) is 15.1. The summed E-state index contributed by atoms with van der Waals surface area (Å²) < 4.78 is 26.2. The van der Waals surface area contributed by atoms with Crippen LogP contribution >= 0.6 is 0 Å². The van der Waals surface area contributed by atoms with Gasteiger partial charge in [-0.1, -0.05) is 24.3 Å². The number of carbonyl (C=O) groups is 1. The van der Waals surface area contributed by atoms with Gasteiger partial charge in [0, 0.05) is 30.3 Å². The SMILES string of the molecule is CC(C)N1CC(=Cc2ccc(F)cc2)C(=O)/C(=C\c2ccc(F)cc2)C1. The summed E-state index contributed by atoms with van der Waals surface area (Å²) >= 11 is 0. The van der Waals surface area contributed by atoms with Crippen molar-refractivity contribution in [1.82, 2.24) is 4.90 Å². The Bertz CT molecular complexity index is 781. The minimum Gasteiger partial charge on any atom is -0.292 e. The third-order valence-corrected chi connectivity index (χ3v) is 4.48. The quantitative estimate of drug-likeness (QED) is 0.744. The number of ketones is 1. The number of likely N-dealkylation sites (tertiary alicyclic amines) is 1. The van der Waals surface area contributed by atoms with Crippen molar-refractivity contribution in [3.05, 3.63) is 82.4 Å². The van der Waals surface area contributed by atoms with E-state index >= 15 is 0 Å². The molecule has 1 saturated heterocycles. The second-order valence-electron chi connectivity index (χ2n) is 6.77. The first kappa shape index (κ1) is 18.2. The number of Topliss-reactive ketones (excluding diaryl/α,β-unsaturated/α-hetero) is 1. The molecule has 3 rings (SSSR count). The Labute approximate surface area is 152 Å². The van der Waals surface area contributed by atoms with Crippen LogP contribution in [0.3, 0.4) is 0 Å². The maximum absolute atomic E-state index is 13.1. The van der Waals surface area contributed by atoms with Crippen molar-refractivity contribution in [2.24, 2.45) is 0 Å². The Morgan fingerprint density at radius 3 is 1.54 bits per heavy atom. The molecule has 0 radical (unpaired) electrons. The Kier molecular flexibility index (Phi) is 5.43. The van der Waals surface area contributed by atoms with Crippen molar-refractivity contribution < 1.29 is 13.6 Å². The van der Waals surface area contributed by atoms with Gasteiger partial charge in [0.2, 0.25) is 0 Å². The van der Waals surface area contributed by atoms with Gasteiger partial charge in [0.1, 0.15) is 11.6 Å². The number of halogens is 2. The van der Waals surface area contributed by atoms with Crippen molar-refractivity contribution in [3.63, 3.8) is 0 Å². The third kappa shape index (κ3) is 4.33. The van der Waals surface area contributed by atoms with Gasteiger partial charge in [-0.25, -0.2) is 8.78 Å². The average Bonchev–Trinajstić information content (AvgIpc) is 2.62. The van der Waals surface area contributed by atoms with E-state index in [1.54, 1.807) is 24.3 Å². The lowest BCUT2D eigenvalue weighted by molar-refractivity contribution is -0.113. The van der Waals surface area contributed by atoms with Gasteiger partial charge in [-0.3, -0.25) is 9.69 Å². The first-order valence-corrected chi connectivity index (χ1v) is 8.63. The van der Waals surface area contributed by atoms with Crippen molar-refractivity contribution in [2.45, 2.75) is 19.9 Å². The van der Waals surface area contributed by atoms with Crippen molar-refractivity contribution in [3.8, 4) is 0 Å². The monoisotopic (exact) mass is 353 g/mol. The smallest absolute Gasteiger partial charge is 0.187 e. The van der Waals surface area contributed by atoms with Crippen LogP contribution in [0.1, 0.15) is 25.0 Å². The second kappa shape index (κ2) is 7.75. The van der Waals surface area contributed by atoms with Gasteiger partial charge < -0.3 is 0 Å². The van der Waals surface area contributed by atoms with Gasteiger partial charge in [-0.2, -0.15) is 0 Å². The zero-order chi connectivity index (χ0) is 18.7. The highest BCUT2D eigenvalue weighted by Gasteiger charge is 2.27. The van der Waals surface area contributed by atoms with Crippen LogP contribution in [0.4, 0.5) is 8.78 Å². The normalized spacial score (nSPS) is 18.9. The fourth-order valence-corrected chi connectivity index (χ4v) is 2.95. The summed E-state index contributed by atoms with van der Waals surface area (Å²) in [5.41, 5.74) is 2.93. The molecule has 0 N–H and O–H groups in total. The zero-order valence-electron chi connectivity index (χ0n) is 14.9. The lowest BCUT2D eigenvalue weighted by atomic mass is 9.93. The molecular weight excluding hydrogens is 332 g/mol. The first-order chi connectivity index (χ1) is 12.4. The minimum absolute atomic E-state index is 0.0180. The van der Waals surface area contributed by atoms with Gasteiger partial charge in [-0.05, 0) is 61.4 Å². The van der Waals surface area contributed by atoms with Gasteiger partial charge in [0.25, 0.3) is 0 Å². The first-order valence-electron chi connectivity index (χ1n) is 8.63. The van der Waals surface area contributed by atoms with Gasteiger partial charge in [-0.15, -0.1) is 0 Å². The van der Waals surface area contributed by atoms with E-state index in [0.29, 0.717) is 24.2 Å². The van der Waals surface area contributed by atoms with Crippen LogP contribution in [0.2, 0.25) is 0 Å². The molecule has 134 valence electrons. The molecule has 0 aromatic heterocycles. The number of piperidine rings is 1. The summed E-state index contributed by atoms with van der Waals surface area (Å²) in [6.07, 6.45) is 3.63. The van der Waals surface area contributed by atoms with Crippen LogP contribution in [0, 0.1) is 11.6 Å². The molecule has 1 aliphatic heterocycles. The molecular formula is C22H21F2NO. The van der Waals surface area contributed by atoms with E-state index in [-0.39, 0.29) is 23.5 Å². The zero-order valence-corrected chi connectivity index (χ0v) is 14.9. The number of hydrogen-bond acceptors (Lipinski definition) is 2. The van der Waals surface area contributed by atoms with Crippen LogP contribution in [0.15, 0.2) is 59.7 Å². The molecule has 0 amide bonds. The Balaban J connectivity index is 1.95. The fourth-order valence-electron chi connectivity index (χ4n) is 2.95. The molecule has 2 aromatic carbocycles. The van der Waals surface area contributed by atoms with E-state index in [9.17, 15) is 13.6 Å². The molecule has 0 aliphatic carbocycles. The molecule has 0 unspecified atom stereocenters. The van der Waals surface area contributed by atoms with Crippen LogP contribution < -0.4 is 0 Å². The van der Waals surface area contributed by atoms with Crippen LogP contribution in [0.25, 0.3) is 12.2 Å². The molecule has 26 heavy (non-hydrogen) atoms. The largest absolute Gasteiger partial charge is 0.292 e. The van der Waals surface area contributed by atoms with Gasteiger partial charge in [0.05, 0.1) is 0 Å². The fraction of sp³-hybridized carbons (Fsp3) is 0.227. The standard InChI is InChI=1S/C22H21F2NO/c1-15(2)25-13-18(11-16-3-7-20(23)8-4-16)22(26)19(14-25)12-17-5-9-21(24)10-6-17/h3-12,15H,13-14H2,1-2H3/b18-11-,19-12?. The highest BCUT2D eigenvalue weighted by Crippen LogP contribution is 2.23. The van der Waals surface area contributed by atoms with Crippen molar-refractivity contribution >= 4 is 17.9 Å². The van der Waals surface area contributed by atoms with Crippen molar-refractivity contribution in [2.75, 3.05) is 13.1 Å². The third-order valence-electron chi connectivity index (χ3n) is 4.48. The van der Waals surface area contributed by atoms with E-state index in [4.69, 9.17) is 0 Å². The molecule has 0 bridgehead atoms. The summed E-state index contributed by atoms with van der Waals surface area (Å²) in [6, 6.07) is 12.5. The van der Waals surface area contributed by atoms with E-state index < -0.39 is 0 Å². The predicted octanol–water partition coefficient (Wildman–Crippen LogP) is 4.72. The molecule has 4 heteroatoms. The van der Waals surface area contributed by atoms with E-state index in [1.165, 1.54) is 24.3 Å². The minimum atomic E-state index is -0.303. The van der Waals surface area contributed by atoms with E-state index in [2.05, 4.69) is 18.7 Å². The molecule has 2 nitrogen and oxygen atoms in total. The number of rotatable bonds is 3. The highest BCUT2D eigenvalue weighted by atomic mass is 19.1. The Morgan fingerprint density at radius 1 is 0.808 bits per heavy atom. The molecule has 1 heterocycles. The Hall–Kier alpha value is -2.59. The maximum atomic E-state index is 13.1. The Morgan fingerprint density at radius 2 is 1.19 bits per heavy atom.